The molecule has 0 spiro atoms. The normalized spacial score (nSPS) is 26.1. The molecule has 1 aliphatic heterocycles. The number of aliphatic hydroxyl groups is 1. The Morgan fingerprint density at radius 2 is 0.921 bits per heavy atom. The molecule has 12 atom stereocenters. The zero-order valence-electron chi connectivity index (χ0n) is 58.1. The van der Waals surface area contributed by atoms with Crippen LogP contribution in [0.1, 0.15) is 156 Å². The molecule has 25 nitrogen and oxygen atoms in total. The second-order valence-corrected chi connectivity index (χ2v) is 26.7. The summed E-state index contributed by atoms with van der Waals surface area (Å²) in [5.74, 6) is -11.1. The van der Waals surface area contributed by atoms with Gasteiger partial charge in [-0.05, 0) is 101 Å². The van der Waals surface area contributed by atoms with Crippen molar-refractivity contribution in [2.75, 3.05) is 62.5 Å². The molecule has 0 saturated carbocycles. The van der Waals surface area contributed by atoms with Crippen molar-refractivity contribution in [3.05, 3.63) is 12.2 Å². The molecule has 0 aromatic rings. The van der Waals surface area contributed by atoms with Crippen LogP contribution in [-0.2, 0) is 62.3 Å². The van der Waals surface area contributed by atoms with Crippen LogP contribution in [0.4, 0.5) is 0 Å². The average molecular weight is 1260 g/mol. The molecule has 0 aliphatic carbocycles. The molecule has 11 amide bonds. The highest BCUT2D eigenvalue weighted by Gasteiger charge is 2.46. The lowest BCUT2D eigenvalue weighted by atomic mass is 9.91. The molecule has 1 aliphatic rings. The van der Waals surface area contributed by atoms with Crippen LogP contribution in [0.3, 0.4) is 0 Å². The van der Waals surface area contributed by atoms with Gasteiger partial charge in [-0.2, -0.15) is 0 Å². The number of likely N-dealkylation sites (N-methyl/N-ethyl adjacent to an activating group) is 7. The molecule has 1 fully saturated rings. The quantitative estimate of drug-likeness (QED) is 0.103. The maximum Gasteiger partial charge on any atom is 0.330 e. The van der Waals surface area contributed by atoms with Crippen molar-refractivity contribution in [2.24, 2.45) is 41.4 Å². The number of amides is 11. The number of carbonyl (C=O) groups excluding carboxylic acids is 12. The van der Waals surface area contributed by atoms with E-state index in [0.717, 1.165) is 9.80 Å². The van der Waals surface area contributed by atoms with E-state index in [9.17, 15) is 53.1 Å². The highest BCUT2D eigenvalue weighted by molar-refractivity contribution is 5.99. The first-order valence-corrected chi connectivity index (χ1v) is 31.7. The van der Waals surface area contributed by atoms with E-state index in [1.165, 1.54) is 99.8 Å². The van der Waals surface area contributed by atoms with Crippen molar-refractivity contribution in [1.82, 2.24) is 55.6 Å². The van der Waals surface area contributed by atoms with E-state index in [2.05, 4.69) is 21.3 Å². The monoisotopic (exact) mass is 1260 g/mol. The largest absolute Gasteiger partial charge is 0.463 e. The number of nitrogens with one attached hydrogen (secondary N) is 4. The van der Waals surface area contributed by atoms with Gasteiger partial charge in [-0.25, -0.2) is 4.79 Å². The summed E-state index contributed by atoms with van der Waals surface area (Å²) >= 11 is 0. The first-order chi connectivity index (χ1) is 41.1. The third-order valence-electron chi connectivity index (χ3n) is 16.4. The third kappa shape index (κ3) is 23.3. The van der Waals surface area contributed by atoms with Crippen LogP contribution in [0.5, 0.6) is 0 Å². The number of nitrogens with zero attached hydrogens (tertiary/aromatic N) is 7. The van der Waals surface area contributed by atoms with E-state index in [-0.39, 0.29) is 68.8 Å². The Morgan fingerprint density at radius 3 is 1.38 bits per heavy atom. The van der Waals surface area contributed by atoms with E-state index in [1.54, 1.807) is 48.5 Å². The Labute approximate surface area is 530 Å². The molecule has 1 saturated heterocycles. The topological polar surface area (TPSA) is 305 Å². The fourth-order valence-corrected chi connectivity index (χ4v) is 10.9. The minimum atomic E-state index is -1.73. The van der Waals surface area contributed by atoms with Gasteiger partial charge in [0.15, 0.2) is 0 Å². The molecule has 0 bridgehead atoms. The Balaban J connectivity index is 4.37. The molecule has 1 rings (SSSR count). The minimum absolute atomic E-state index is 0.0213. The van der Waals surface area contributed by atoms with Crippen LogP contribution < -0.4 is 21.3 Å². The molecule has 0 unspecified atom stereocenters. The third-order valence-corrected chi connectivity index (χ3v) is 16.4. The standard InChI is InChI=1S/C64H113N11O14/c1-25-44-60(84)69(18)34-49(76)70(19)45(30-35(3)4)57(81)68-51(39(11)12)63(87)71(20)46(31-36(5)6)56(80)65-42(16)55(79)66-43(17)59(83)72(21)47(32-37(7)8)61(85)73(22)48(33-38(9)10)62(86)74(23)52(40(13)14)64(88)75(24)53(58(82)67-44)54(78)41(15)28-27-29-50(77)89-26-2/h27,29,35-48,51-54,78H,25-26,28,30-34H2,1-24H3,(H,65,80)(H,66,79)(H,67,82)(H,68,81)/b29-27+/t41-,42+,43-,44+,45+,46-,47+,48-,51+,52+,53+,54-/m1/s1. The Kier molecular flexibility index (Phi) is 33.3. The smallest absolute Gasteiger partial charge is 0.330 e. The predicted molar refractivity (Wildman–Crippen MR) is 339 cm³/mol. The van der Waals surface area contributed by atoms with Gasteiger partial charge in [0.05, 0.1) is 19.3 Å². The summed E-state index contributed by atoms with van der Waals surface area (Å²) < 4.78 is 5.01. The molecular formula is C64H113N11O14. The molecule has 508 valence electrons. The van der Waals surface area contributed by atoms with E-state index in [4.69, 9.17) is 4.74 Å². The van der Waals surface area contributed by atoms with Crippen LogP contribution in [0.25, 0.3) is 0 Å². The second-order valence-electron chi connectivity index (χ2n) is 26.7. The number of ether oxygens (including phenoxy) is 1. The molecular weight excluding hydrogens is 1150 g/mol. The van der Waals surface area contributed by atoms with Gasteiger partial charge in [-0.15, -0.1) is 0 Å². The van der Waals surface area contributed by atoms with Crippen molar-refractivity contribution < 1.29 is 67.4 Å². The number of hydrogen-bond acceptors (Lipinski definition) is 14. The zero-order chi connectivity index (χ0) is 69.0. The number of rotatable bonds is 17. The van der Waals surface area contributed by atoms with Crippen LogP contribution in [0.15, 0.2) is 12.2 Å². The summed E-state index contributed by atoms with van der Waals surface area (Å²) in [6, 6.07) is -12.8. The predicted octanol–water partition coefficient (Wildman–Crippen LogP) is 2.81. The number of carbonyl (C=O) groups is 12. The summed E-state index contributed by atoms with van der Waals surface area (Å²) in [7, 11) is 9.73. The lowest BCUT2D eigenvalue weighted by Gasteiger charge is -2.41. The van der Waals surface area contributed by atoms with Crippen molar-refractivity contribution in [2.45, 2.75) is 223 Å². The van der Waals surface area contributed by atoms with Gasteiger partial charge >= 0.3 is 5.97 Å². The minimum Gasteiger partial charge on any atom is -0.463 e. The summed E-state index contributed by atoms with van der Waals surface area (Å²) in [5.41, 5.74) is 0. The van der Waals surface area contributed by atoms with E-state index in [1.807, 2.05) is 55.4 Å². The van der Waals surface area contributed by atoms with Gasteiger partial charge < -0.3 is 65.4 Å². The maximum atomic E-state index is 15.2. The number of hydrogen-bond donors (Lipinski definition) is 5. The molecule has 0 aromatic heterocycles. The highest BCUT2D eigenvalue weighted by Crippen LogP contribution is 2.26. The molecule has 89 heavy (non-hydrogen) atoms. The summed E-state index contributed by atoms with van der Waals surface area (Å²) in [6.07, 6.45) is 1.49. The molecule has 0 radical (unpaired) electrons. The zero-order valence-corrected chi connectivity index (χ0v) is 58.1. The SMILES string of the molecule is CCOC(=O)/C=C/C[C@@H](C)[C@@H](O)[C@H]1C(=O)N[C@@H](CC)C(=O)N(C)CC(=O)N(C)[C@@H](CC(C)C)C(=O)N[C@@H](C(C)C)C(=O)N(C)[C@H](CC(C)C)C(=O)N[C@@H](C)C(=O)N[C@H](C)C(=O)N(C)[C@@H](CC(C)C)C(=O)N(C)[C@H](CC(C)C)C(=O)N(C)[C@@H](C(C)C)C(=O)N1C. The average Bonchev–Trinajstić information content (AvgIpc) is 0.954. The van der Waals surface area contributed by atoms with Gasteiger partial charge in [-0.3, -0.25) is 52.7 Å². The summed E-state index contributed by atoms with van der Waals surface area (Å²) in [6.45, 7) is 28.9. The molecule has 1 heterocycles. The number of aliphatic hydroxyl groups excluding tert-OH is 1. The first kappa shape index (κ1) is 80.4. The van der Waals surface area contributed by atoms with Crippen molar-refractivity contribution >= 4 is 70.9 Å². The maximum absolute atomic E-state index is 15.2. The lowest BCUT2D eigenvalue weighted by Crippen LogP contribution is -2.63. The molecule has 0 aromatic carbocycles. The fourth-order valence-electron chi connectivity index (χ4n) is 10.9. The van der Waals surface area contributed by atoms with Crippen molar-refractivity contribution in [3.63, 3.8) is 0 Å². The van der Waals surface area contributed by atoms with Crippen LogP contribution in [0, 0.1) is 41.4 Å². The molecule has 25 heteroatoms. The van der Waals surface area contributed by atoms with Gasteiger partial charge in [0, 0.05) is 55.4 Å². The van der Waals surface area contributed by atoms with Gasteiger partial charge in [0.2, 0.25) is 65.0 Å². The van der Waals surface area contributed by atoms with Gasteiger partial charge in [0.1, 0.15) is 60.4 Å². The van der Waals surface area contributed by atoms with E-state index in [0.29, 0.717) is 0 Å². The number of allylic oxidation sites excluding steroid dienone is 1. The summed E-state index contributed by atoms with van der Waals surface area (Å²) in [4.78, 5) is 181. The number of esters is 1. The van der Waals surface area contributed by atoms with Crippen molar-refractivity contribution in [1.29, 1.82) is 0 Å². The van der Waals surface area contributed by atoms with Gasteiger partial charge in [0.25, 0.3) is 0 Å². The Bertz CT molecular complexity index is 2470. The Hall–Kier alpha value is -6.66. The lowest BCUT2D eigenvalue weighted by molar-refractivity contribution is -0.157. The summed E-state index contributed by atoms with van der Waals surface area (Å²) in [5, 5.41) is 23.1. The van der Waals surface area contributed by atoms with Crippen LogP contribution in [-0.4, -0.2) is 239 Å². The Morgan fingerprint density at radius 1 is 0.494 bits per heavy atom. The second kappa shape index (κ2) is 36.9. The van der Waals surface area contributed by atoms with Crippen molar-refractivity contribution in [3.8, 4) is 0 Å². The van der Waals surface area contributed by atoms with E-state index >= 15 is 9.59 Å². The van der Waals surface area contributed by atoms with Crippen LogP contribution >= 0.6 is 0 Å². The van der Waals surface area contributed by atoms with E-state index < -0.39 is 162 Å². The van der Waals surface area contributed by atoms with Crippen LogP contribution in [0.2, 0.25) is 0 Å². The van der Waals surface area contributed by atoms with Gasteiger partial charge in [-0.1, -0.05) is 103 Å². The highest BCUT2D eigenvalue weighted by atomic mass is 16.5. The fraction of sp³-hybridized carbons (Fsp3) is 0.781. The first-order valence-electron chi connectivity index (χ1n) is 31.7. The molecule has 5 N–H and O–H groups in total.